The average Bonchev–Trinajstić information content (AvgIpc) is 3.68. The van der Waals surface area contributed by atoms with Crippen LogP contribution in [-0.2, 0) is 40.2 Å². The summed E-state index contributed by atoms with van der Waals surface area (Å²) in [6, 6.07) is 37.0. The van der Waals surface area contributed by atoms with Gasteiger partial charge in [-0.05, 0) is 24.3 Å². The molecule has 0 aliphatic rings. The molecule has 0 spiro atoms. The van der Waals surface area contributed by atoms with Crippen molar-refractivity contribution in [2.75, 3.05) is 0 Å². The van der Waals surface area contributed by atoms with E-state index in [1.165, 1.54) is 0 Å². The van der Waals surface area contributed by atoms with Gasteiger partial charge in [0.05, 0.1) is 23.4 Å². The van der Waals surface area contributed by atoms with E-state index in [0.717, 1.165) is 45.7 Å². The Bertz CT molecular complexity index is 1740. The first-order chi connectivity index (χ1) is 20.5. The second-order valence-electron chi connectivity index (χ2n) is 8.42. The second kappa shape index (κ2) is 16.1. The van der Waals surface area contributed by atoms with Crippen molar-refractivity contribution < 1.29 is 68.8 Å². The molecule has 3 heterocycles. The second-order valence-corrected chi connectivity index (χ2v) is 8.42. The van der Waals surface area contributed by atoms with Gasteiger partial charge in [-0.2, -0.15) is 0 Å². The van der Waals surface area contributed by atoms with Crippen LogP contribution in [0.15, 0.2) is 118 Å². The maximum absolute atomic E-state index is 10.2. The van der Waals surface area contributed by atoms with Crippen LogP contribution < -0.4 is 0 Å². The Morgan fingerprint density at radius 3 is 1.27 bits per heavy atom. The van der Waals surface area contributed by atoms with E-state index in [1.807, 2.05) is 97.1 Å². The van der Waals surface area contributed by atoms with Gasteiger partial charge in [0.1, 0.15) is 22.9 Å². The minimum Gasteiger partial charge on any atom is -0.481 e. The minimum atomic E-state index is -1.24. The minimum absolute atomic E-state index is 0. The summed E-state index contributed by atoms with van der Waals surface area (Å²) in [6.07, 6.45) is 1.79. The molecule has 0 saturated carbocycles. The molecule has 3 aromatic heterocycles. The SMILES string of the molecule is O=C(O)c1cnc(C(=O)O)cn1.[Ir].[Ir].[c-]1ccccc1-c1nc2ccccc2o1.[c-]1ccccc1-c1nc2ccccc2o1. The fourth-order valence-corrected chi connectivity index (χ4v) is 3.58. The average molecular weight is 941 g/mol. The molecule has 0 atom stereocenters. The summed E-state index contributed by atoms with van der Waals surface area (Å²) in [7, 11) is 0. The molecular formula is C32H20Ir2N4O6-2. The zero-order valence-electron chi connectivity index (χ0n) is 22.4. The molecule has 0 bridgehead atoms. The zero-order chi connectivity index (χ0) is 29.3. The number of fused-ring (bicyclic) bond motifs is 2. The van der Waals surface area contributed by atoms with Gasteiger partial charge >= 0.3 is 11.9 Å². The van der Waals surface area contributed by atoms with E-state index in [4.69, 9.17) is 19.0 Å². The Morgan fingerprint density at radius 2 is 0.955 bits per heavy atom. The number of aromatic nitrogens is 4. The fourth-order valence-electron chi connectivity index (χ4n) is 3.58. The molecular weight excluding hydrogens is 921 g/mol. The molecule has 4 aromatic carbocycles. The number of para-hydroxylation sites is 4. The molecule has 7 aromatic rings. The number of oxazole rings is 2. The van der Waals surface area contributed by atoms with Gasteiger partial charge < -0.3 is 19.0 Å². The Morgan fingerprint density at radius 1 is 0.568 bits per heavy atom. The van der Waals surface area contributed by atoms with E-state index in [2.05, 4.69) is 32.1 Å². The van der Waals surface area contributed by atoms with Crippen LogP contribution >= 0.6 is 0 Å². The first-order valence-corrected chi connectivity index (χ1v) is 12.4. The molecule has 12 heteroatoms. The number of hydrogen-bond donors (Lipinski definition) is 2. The molecule has 0 aliphatic carbocycles. The smallest absolute Gasteiger partial charge is 0.356 e. The van der Waals surface area contributed by atoms with Crippen LogP contribution in [0, 0.1) is 12.1 Å². The molecule has 2 N–H and O–H groups in total. The third-order valence-corrected chi connectivity index (χ3v) is 5.56. The quantitative estimate of drug-likeness (QED) is 0.188. The number of carboxylic acid groups (broad SMARTS) is 2. The van der Waals surface area contributed by atoms with Crippen molar-refractivity contribution in [1.29, 1.82) is 0 Å². The summed E-state index contributed by atoms with van der Waals surface area (Å²) in [5, 5.41) is 16.7. The molecule has 224 valence electrons. The van der Waals surface area contributed by atoms with Gasteiger partial charge in [0.25, 0.3) is 0 Å². The predicted molar refractivity (Wildman–Crippen MR) is 153 cm³/mol. The van der Waals surface area contributed by atoms with Gasteiger partial charge in [0, 0.05) is 40.2 Å². The number of carbonyl (C=O) groups is 2. The van der Waals surface area contributed by atoms with Crippen molar-refractivity contribution in [2.24, 2.45) is 0 Å². The van der Waals surface area contributed by atoms with Crippen molar-refractivity contribution >= 4 is 34.1 Å². The van der Waals surface area contributed by atoms with Crippen LogP contribution in [0.5, 0.6) is 0 Å². The summed E-state index contributed by atoms with van der Waals surface area (Å²) in [6.45, 7) is 0. The van der Waals surface area contributed by atoms with Crippen molar-refractivity contribution in [1.82, 2.24) is 19.9 Å². The fraction of sp³-hybridized carbons (Fsp3) is 0. The van der Waals surface area contributed by atoms with Gasteiger partial charge in [-0.1, -0.05) is 35.4 Å². The molecule has 2 radical (unpaired) electrons. The van der Waals surface area contributed by atoms with E-state index >= 15 is 0 Å². The maximum Gasteiger partial charge on any atom is 0.356 e. The largest absolute Gasteiger partial charge is 0.481 e. The van der Waals surface area contributed by atoms with E-state index in [9.17, 15) is 9.59 Å². The van der Waals surface area contributed by atoms with Crippen molar-refractivity contribution in [3.05, 3.63) is 133 Å². The third kappa shape index (κ3) is 8.59. The Kier molecular flexibility index (Phi) is 12.3. The zero-order valence-corrected chi connectivity index (χ0v) is 27.2. The van der Waals surface area contributed by atoms with Crippen LogP contribution in [-0.4, -0.2) is 42.1 Å². The van der Waals surface area contributed by atoms with Crippen LogP contribution in [0.3, 0.4) is 0 Å². The summed E-state index contributed by atoms with van der Waals surface area (Å²) in [5.41, 5.74) is 4.59. The Balaban J connectivity index is 0.000000178. The number of aromatic carboxylic acids is 2. The van der Waals surface area contributed by atoms with Crippen LogP contribution in [0.4, 0.5) is 0 Å². The van der Waals surface area contributed by atoms with Crippen LogP contribution in [0.25, 0.3) is 45.1 Å². The maximum atomic E-state index is 10.2. The van der Waals surface area contributed by atoms with Gasteiger partial charge in [-0.3, -0.25) is 9.97 Å². The number of benzene rings is 4. The topological polar surface area (TPSA) is 152 Å². The van der Waals surface area contributed by atoms with E-state index < -0.39 is 11.9 Å². The standard InChI is InChI=1S/2C13H8NO.C6H4N2O4.2Ir/c2*1-2-6-10(7-3-1)13-14-11-8-4-5-9-12(11)15-13;9-5(10)3-1-7-4(2-8-3)6(11)12;;/h2*1-6,8-9H;1-2H,(H,9,10)(H,11,12);;/q2*-1;;;. The first-order valence-electron chi connectivity index (χ1n) is 12.4. The number of rotatable bonds is 4. The molecule has 0 saturated heterocycles. The van der Waals surface area contributed by atoms with E-state index in [1.54, 1.807) is 0 Å². The first kappa shape index (κ1) is 33.6. The van der Waals surface area contributed by atoms with Crippen molar-refractivity contribution in [2.45, 2.75) is 0 Å². The number of carboxylic acids is 2. The summed E-state index contributed by atoms with van der Waals surface area (Å²) >= 11 is 0. The molecule has 10 nitrogen and oxygen atoms in total. The molecule has 44 heavy (non-hydrogen) atoms. The predicted octanol–water partition coefficient (Wildman–Crippen LogP) is 6.46. The van der Waals surface area contributed by atoms with Crippen LogP contribution in [0.1, 0.15) is 21.0 Å². The normalized spacial score (nSPS) is 9.82. The monoisotopic (exact) mass is 942 g/mol. The molecule has 7 rings (SSSR count). The van der Waals surface area contributed by atoms with Crippen molar-refractivity contribution in [3.8, 4) is 22.9 Å². The molecule has 0 unspecified atom stereocenters. The molecule has 0 fully saturated rings. The van der Waals surface area contributed by atoms with Gasteiger partial charge in [-0.15, -0.1) is 60.7 Å². The van der Waals surface area contributed by atoms with E-state index in [0.29, 0.717) is 11.8 Å². The van der Waals surface area contributed by atoms with Gasteiger partial charge in [0.2, 0.25) is 0 Å². The molecule has 0 amide bonds. The summed E-state index contributed by atoms with van der Waals surface area (Å²) in [5.74, 6) is -1.23. The Hall–Kier alpha value is -4.86. The van der Waals surface area contributed by atoms with Gasteiger partial charge in [0.15, 0.2) is 11.4 Å². The van der Waals surface area contributed by atoms with Crippen molar-refractivity contribution in [3.63, 3.8) is 0 Å². The summed E-state index contributed by atoms with van der Waals surface area (Å²) in [4.78, 5) is 35.9. The van der Waals surface area contributed by atoms with Crippen LogP contribution in [0.2, 0.25) is 0 Å². The summed E-state index contributed by atoms with van der Waals surface area (Å²) < 4.78 is 11.2. The van der Waals surface area contributed by atoms with E-state index in [-0.39, 0.29) is 51.6 Å². The number of hydrogen-bond acceptors (Lipinski definition) is 8. The third-order valence-electron chi connectivity index (χ3n) is 5.56. The Labute approximate surface area is 277 Å². The molecule has 0 aliphatic heterocycles. The number of nitrogens with zero attached hydrogens (tertiary/aromatic N) is 4. The van der Waals surface area contributed by atoms with Gasteiger partial charge in [-0.25, -0.2) is 19.6 Å².